The molecule has 0 aromatic heterocycles. The first kappa shape index (κ1) is 79.7. The molecular formula is C72H90Cl2N6O19-2. The SMILES string of the molecule is CC(=O)O[C@H]1C(=O)[C@@]2(C)C([C@H](OC(=O)c3ccccc3)[C@]3(O)C[C@H](OC(=O)[C@H](OC(=O)OCc4ccc(NC(=O)[C@H](CCCCN)NC(=O)[C@H](CC(C)C)NC(=O)[C@H](N)C(C)C)cc4)[C@@H](NC(=O)c4ccccc4)c4ccccc4)C(C)=C1C3(C)C)[C@]1(OC(C)=O)CO[C@@H]1C[C@@H]2O.[Cl-].[Cl-]. The van der Waals surface area contributed by atoms with E-state index in [1.807, 2.05) is 13.8 Å². The largest absolute Gasteiger partial charge is 1.00 e. The molecule has 99 heavy (non-hydrogen) atoms. The summed E-state index contributed by atoms with van der Waals surface area (Å²) in [6.45, 7) is 14.9. The highest BCUT2D eigenvalue weighted by Gasteiger charge is 2.78. The van der Waals surface area contributed by atoms with E-state index in [1.165, 1.54) is 76.2 Å². The number of amides is 4. The number of ether oxygens (including phenoxy) is 7. The molecule has 2 saturated carbocycles. The predicted molar refractivity (Wildman–Crippen MR) is 351 cm³/mol. The first-order chi connectivity index (χ1) is 45.9. The average molecular weight is 1410 g/mol. The Balaban J connectivity index is 0.00000773. The Kier molecular flexibility index (Phi) is 27.1. The van der Waals surface area contributed by atoms with Crippen LogP contribution in [0.5, 0.6) is 0 Å². The number of rotatable bonds is 26. The van der Waals surface area contributed by atoms with E-state index in [0.29, 0.717) is 30.6 Å². The number of nitrogens with two attached hydrogens (primary N) is 2. The number of halogens is 2. The van der Waals surface area contributed by atoms with Gasteiger partial charge in [0.15, 0.2) is 17.5 Å². The molecule has 1 heterocycles. The lowest BCUT2D eigenvalue weighted by atomic mass is 9.44. The molecule has 1 saturated heterocycles. The Labute approximate surface area is 588 Å². The second kappa shape index (κ2) is 33.7. The van der Waals surface area contributed by atoms with E-state index in [9.17, 15) is 48.6 Å². The number of aliphatic hydroxyl groups is 2. The van der Waals surface area contributed by atoms with Gasteiger partial charge in [-0.25, -0.2) is 14.4 Å². The smallest absolute Gasteiger partial charge is 0.509 e. The lowest BCUT2D eigenvalue weighted by molar-refractivity contribution is -0.346. The van der Waals surface area contributed by atoms with Gasteiger partial charge in [0.05, 0.1) is 35.6 Å². The zero-order chi connectivity index (χ0) is 70.9. The van der Waals surface area contributed by atoms with Crippen molar-refractivity contribution in [3.63, 3.8) is 0 Å². The molecule has 27 heteroatoms. The van der Waals surface area contributed by atoms with Crippen molar-refractivity contribution in [3.05, 3.63) is 149 Å². The monoisotopic (exact) mass is 1410 g/mol. The molecule has 8 rings (SSSR count). The molecule has 25 nitrogen and oxygen atoms in total. The van der Waals surface area contributed by atoms with Crippen molar-refractivity contribution in [1.29, 1.82) is 0 Å². The Morgan fingerprint density at radius 2 is 1.32 bits per heavy atom. The summed E-state index contributed by atoms with van der Waals surface area (Å²) in [6, 6.07) is 25.3. The van der Waals surface area contributed by atoms with E-state index in [0.717, 1.165) is 13.8 Å². The highest BCUT2D eigenvalue weighted by atomic mass is 35.5. The molecular weight excluding hydrogens is 1320 g/mol. The van der Waals surface area contributed by atoms with E-state index in [-0.39, 0.29) is 83.7 Å². The minimum absolute atomic E-state index is 0. The van der Waals surface area contributed by atoms with E-state index in [2.05, 4.69) is 21.3 Å². The molecule has 14 atom stereocenters. The minimum atomic E-state index is -2.55. The van der Waals surface area contributed by atoms with E-state index in [1.54, 1.807) is 80.6 Å². The summed E-state index contributed by atoms with van der Waals surface area (Å²) in [5.74, 6) is -9.30. The molecule has 3 fully saturated rings. The topological polar surface area (TPSA) is 376 Å². The third kappa shape index (κ3) is 17.5. The van der Waals surface area contributed by atoms with Crippen molar-refractivity contribution in [2.75, 3.05) is 18.5 Å². The Morgan fingerprint density at radius 3 is 1.88 bits per heavy atom. The number of hydrogen-bond donors (Lipinski definition) is 8. The molecule has 0 radical (unpaired) electrons. The third-order valence-corrected chi connectivity index (χ3v) is 19.2. The standard InChI is InChI=1S/C72H90N6O19.2ClH/c1-39(2)34-50(77-65(86)55(74)40(3)4)64(85)76-49(28-20-21-33-73)63(84)75-48-31-29-44(30-32-48)37-91-68(89)95-58(56(45-22-14-11-15-23-45)78-62(83)46-24-16-12-17-25-46)67(88)94-51-36-72(90)61(96-66(87)47-26-18-13-19-27-47)59-70(10,52(81)35-53-71(59,38-92-53)97-43(7)80)60(82)57(93-42(6)79)54(41(51)5)69(72,8)9;;/h11-19,22-27,29-32,39-40,49-53,55-59,61,81,90H,20-21,28,33-38,73-74H2,1-10H3,(H,75,84)(H,76,85)(H,77,86)(H,78,83);2*1H/p-2/t49-,50-,51-,52-,53+,55+,56-,57+,58+,59?,61-,70+,71-,72+;;/m0../s1. The molecule has 4 amide bonds. The summed E-state index contributed by atoms with van der Waals surface area (Å²) in [5, 5.41) is 37.7. The van der Waals surface area contributed by atoms with Crippen molar-refractivity contribution in [2.45, 2.75) is 186 Å². The molecule has 0 spiro atoms. The molecule has 2 bridgehead atoms. The summed E-state index contributed by atoms with van der Waals surface area (Å²) >= 11 is 0. The first-order valence-corrected chi connectivity index (χ1v) is 32.7. The molecule has 4 aliphatic rings. The summed E-state index contributed by atoms with van der Waals surface area (Å²) < 4.78 is 42.7. The van der Waals surface area contributed by atoms with Crippen molar-refractivity contribution in [1.82, 2.24) is 16.0 Å². The minimum Gasteiger partial charge on any atom is -1.00 e. The summed E-state index contributed by atoms with van der Waals surface area (Å²) in [5.41, 5.74) is 4.46. The van der Waals surface area contributed by atoms with Crippen molar-refractivity contribution < 1.29 is 116 Å². The first-order valence-electron chi connectivity index (χ1n) is 32.7. The van der Waals surface area contributed by atoms with Crippen LogP contribution in [0.3, 0.4) is 0 Å². The van der Waals surface area contributed by atoms with Gasteiger partial charge < -0.3 is 101 Å². The number of nitrogens with one attached hydrogen (secondary N) is 4. The number of benzene rings is 4. The van der Waals surface area contributed by atoms with Gasteiger partial charge in [0, 0.05) is 43.4 Å². The number of carbonyl (C=O) groups excluding carboxylic acids is 10. The van der Waals surface area contributed by atoms with Crippen LogP contribution in [-0.4, -0.2) is 149 Å². The molecule has 538 valence electrons. The number of fused-ring (bicyclic) bond motifs is 5. The number of aliphatic hydroxyl groups excluding tert-OH is 1. The number of ketones is 1. The van der Waals surface area contributed by atoms with E-state index < -0.39 is 168 Å². The number of esters is 4. The van der Waals surface area contributed by atoms with Crippen LogP contribution >= 0.6 is 0 Å². The molecule has 1 unspecified atom stereocenters. The van der Waals surface area contributed by atoms with Gasteiger partial charge in [-0.1, -0.05) is 120 Å². The van der Waals surface area contributed by atoms with Gasteiger partial charge in [-0.2, -0.15) is 0 Å². The molecule has 10 N–H and O–H groups in total. The van der Waals surface area contributed by atoms with Gasteiger partial charge in [-0.3, -0.25) is 33.6 Å². The van der Waals surface area contributed by atoms with Gasteiger partial charge in [0.1, 0.15) is 48.6 Å². The van der Waals surface area contributed by atoms with E-state index >= 15 is 9.59 Å². The van der Waals surface area contributed by atoms with E-state index in [4.69, 9.17) is 44.6 Å². The van der Waals surface area contributed by atoms with Crippen molar-refractivity contribution in [3.8, 4) is 0 Å². The summed E-state index contributed by atoms with van der Waals surface area (Å²) in [4.78, 5) is 142. The van der Waals surface area contributed by atoms with Gasteiger partial charge in [0.2, 0.25) is 23.8 Å². The van der Waals surface area contributed by atoms with Gasteiger partial charge in [-0.05, 0) is 117 Å². The second-order valence-corrected chi connectivity index (χ2v) is 27.0. The van der Waals surface area contributed by atoms with Gasteiger partial charge in [-0.15, -0.1) is 0 Å². The van der Waals surface area contributed by atoms with Crippen LogP contribution < -0.4 is 57.5 Å². The summed E-state index contributed by atoms with van der Waals surface area (Å²) in [7, 11) is 0. The maximum absolute atomic E-state index is 15.9. The molecule has 4 aromatic carbocycles. The number of anilines is 1. The highest BCUT2D eigenvalue weighted by Crippen LogP contribution is 2.64. The van der Waals surface area contributed by atoms with Crippen LogP contribution in [-0.2, 0) is 73.3 Å². The van der Waals surface area contributed by atoms with Crippen LogP contribution in [0.2, 0.25) is 0 Å². The van der Waals surface area contributed by atoms with Crippen LogP contribution in [0.1, 0.15) is 146 Å². The normalized spacial score (nSPS) is 24.9. The Hall–Kier alpha value is -8.30. The van der Waals surface area contributed by atoms with Gasteiger partial charge in [0.25, 0.3) is 5.91 Å². The number of Topliss-reactive ketones (excluding diaryl/α,β-unsaturated/α-hetero) is 1. The van der Waals surface area contributed by atoms with Crippen LogP contribution in [0.25, 0.3) is 0 Å². The lowest BCUT2D eigenvalue weighted by Crippen LogP contribution is -3.00. The molecule has 4 aromatic rings. The van der Waals surface area contributed by atoms with Crippen LogP contribution in [0.4, 0.5) is 10.5 Å². The van der Waals surface area contributed by atoms with Crippen molar-refractivity contribution >= 4 is 65.1 Å². The number of unbranched alkanes of at least 4 members (excludes halogenated alkanes) is 1. The lowest BCUT2D eigenvalue weighted by Gasteiger charge is -2.67. The number of carbonyl (C=O) groups is 10. The second-order valence-electron chi connectivity index (χ2n) is 27.0. The maximum Gasteiger partial charge on any atom is 0.509 e. The Morgan fingerprint density at radius 1 is 0.727 bits per heavy atom. The zero-order valence-electron chi connectivity index (χ0n) is 57.1. The quantitative estimate of drug-likeness (QED) is 0.0180. The summed E-state index contributed by atoms with van der Waals surface area (Å²) in [6.07, 6.45) is -11.4. The zero-order valence-corrected chi connectivity index (χ0v) is 58.6. The molecule has 3 aliphatic carbocycles. The molecule has 1 aliphatic heterocycles. The fourth-order valence-corrected chi connectivity index (χ4v) is 13.8. The Bertz CT molecular complexity index is 3580. The third-order valence-electron chi connectivity index (χ3n) is 19.2. The van der Waals surface area contributed by atoms with Crippen LogP contribution in [0.15, 0.2) is 126 Å². The fraction of sp³-hybridized carbons (Fsp3) is 0.500. The predicted octanol–water partition coefficient (Wildman–Crippen LogP) is 0.171. The van der Waals surface area contributed by atoms with Crippen molar-refractivity contribution in [2.24, 2.45) is 40.1 Å². The maximum atomic E-state index is 15.9. The highest BCUT2D eigenvalue weighted by molar-refractivity contribution is 5.99. The average Bonchev–Trinajstić information content (AvgIpc) is 0.669. The van der Waals surface area contributed by atoms with Gasteiger partial charge >= 0.3 is 30.0 Å². The number of hydrogen-bond acceptors (Lipinski definition) is 21. The van der Waals surface area contributed by atoms with Crippen LogP contribution in [0, 0.1) is 28.6 Å². The fourth-order valence-electron chi connectivity index (χ4n) is 13.8.